The number of rotatable bonds is 8. The van der Waals surface area contributed by atoms with Crippen LogP contribution in [0.15, 0.2) is 12.1 Å². The average molecular weight is 283 g/mol. The highest BCUT2D eigenvalue weighted by Gasteiger charge is 2.20. The second kappa shape index (κ2) is 7.72. The van der Waals surface area contributed by atoms with Crippen molar-refractivity contribution < 1.29 is 24.1 Å². The van der Waals surface area contributed by atoms with Crippen LogP contribution in [0.4, 0.5) is 0 Å². The highest BCUT2D eigenvalue weighted by atomic mass is 16.5. The molecule has 0 saturated heterocycles. The number of ether oxygens (including phenoxy) is 3. The summed E-state index contributed by atoms with van der Waals surface area (Å²) in [4.78, 5) is 10.6. The van der Waals surface area contributed by atoms with Gasteiger partial charge in [-0.1, -0.05) is 0 Å². The second-order valence-electron chi connectivity index (χ2n) is 4.39. The van der Waals surface area contributed by atoms with Crippen molar-refractivity contribution in [1.82, 2.24) is 0 Å². The van der Waals surface area contributed by atoms with Gasteiger partial charge in [-0.05, 0) is 24.1 Å². The molecule has 1 aromatic rings. The van der Waals surface area contributed by atoms with Crippen LogP contribution < -0.4 is 15.2 Å². The summed E-state index contributed by atoms with van der Waals surface area (Å²) in [6, 6.07) is 3.18. The SMILES string of the molecule is COCc1cc(OC)c(C(N)CCC(=O)O)c(OC)c1. The molecule has 1 aromatic carbocycles. The highest BCUT2D eigenvalue weighted by Crippen LogP contribution is 2.36. The van der Waals surface area contributed by atoms with Crippen LogP contribution in [0, 0.1) is 0 Å². The van der Waals surface area contributed by atoms with Crippen LogP contribution in [0.1, 0.15) is 30.0 Å². The molecule has 0 spiro atoms. The molecule has 20 heavy (non-hydrogen) atoms. The Balaban J connectivity index is 3.11. The van der Waals surface area contributed by atoms with Crippen molar-refractivity contribution in [2.75, 3.05) is 21.3 Å². The van der Waals surface area contributed by atoms with E-state index >= 15 is 0 Å². The van der Waals surface area contributed by atoms with Gasteiger partial charge in [0.15, 0.2) is 0 Å². The summed E-state index contributed by atoms with van der Waals surface area (Å²) in [5, 5.41) is 8.74. The summed E-state index contributed by atoms with van der Waals surface area (Å²) in [6.07, 6.45) is 0.305. The molecule has 3 N–H and O–H groups in total. The Kier molecular flexibility index (Phi) is 6.27. The largest absolute Gasteiger partial charge is 0.496 e. The third kappa shape index (κ3) is 4.11. The maximum Gasteiger partial charge on any atom is 0.303 e. The second-order valence-corrected chi connectivity index (χ2v) is 4.39. The van der Waals surface area contributed by atoms with Gasteiger partial charge in [0.2, 0.25) is 0 Å². The number of methoxy groups -OCH3 is 3. The maximum absolute atomic E-state index is 10.6. The van der Waals surface area contributed by atoms with E-state index in [0.717, 1.165) is 5.56 Å². The summed E-state index contributed by atoms with van der Waals surface area (Å²) >= 11 is 0. The van der Waals surface area contributed by atoms with Crippen LogP contribution in [0.5, 0.6) is 11.5 Å². The number of hydrogen-bond donors (Lipinski definition) is 2. The summed E-state index contributed by atoms with van der Waals surface area (Å²) in [7, 11) is 4.68. The molecule has 0 fully saturated rings. The van der Waals surface area contributed by atoms with Crippen LogP contribution in [0.2, 0.25) is 0 Å². The Hall–Kier alpha value is -1.79. The molecule has 112 valence electrons. The Bertz CT molecular complexity index is 436. The number of benzene rings is 1. The quantitative estimate of drug-likeness (QED) is 0.754. The standard InChI is InChI=1S/C14H21NO5/c1-18-8-9-6-11(19-2)14(12(7-9)20-3)10(15)4-5-13(16)17/h6-7,10H,4-5,8,15H2,1-3H3,(H,16,17). The molecule has 0 radical (unpaired) electrons. The van der Waals surface area contributed by atoms with Crippen molar-refractivity contribution in [3.8, 4) is 11.5 Å². The average Bonchev–Trinajstić information content (AvgIpc) is 2.43. The fourth-order valence-corrected chi connectivity index (χ4v) is 2.03. The first-order chi connectivity index (χ1) is 9.53. The normalized spacial score (nSPS) is 12.0. The van der Waals surface area contributed by atoms with Crippen molar-refractivity contribution in [2.24, 2.45) is 5.73 Å². The maximum atomic E-state index is 10.6. The third-order valence-corrected chi connectivity index (χ3v) is 2.95. The van der Waals surface area contributed by atoms with Gasteiger partial charge in [-0.15, -0.1) is 0 Å². The predicted molar refractivity (Wildman–Crippen MR) is 74.1 cm³/mol. The van der Waals surface area contributed by atoms with Crippen molar-refractivity contribution >= 4 is 5.97 Å². The van der Waals surface area contributed by atoms with Gasteiger partial charge in [0.1, 0.15) is 11.5 Å². The van der Waals surface area contributed by atoms with Crippen molar-refractivity contribution in [2.45, 2.75) is 25.5 Å². The molecule has 0 aliphatic rings. The van der Waals surface area contributed by atoms with Crippen LogP contribution in [0.25, 0.3) is 0 Å². The molecule has 6 nitrogen and oxygen atoms in total. The molecule has 0 aliphatic carbocycles. The van der Waals surface area contributed by atoms with Gasteiger partial charge in [-0.3, -0.25) is 4.79 Å². The zero-order valence-corrected chi connectivity index (χ0v) is 12.0. The number of hydrogen-bond acceptors (Lipinski definition) is 5. The minimum Gasteiger partial charge on any atom is -0.496 e. The fraction of sp³-hybridized carbons (Fsp3) is 0.500. The Morgan fingerprint density at radius 2 is 1.80 bits per heavy atom. The molecule has 6 heteroatoms. The summed E-state index contributed by atoms with van der Waals surface area (Å²) in [5.74, 6) is 0.276. The van der Waals surface area contributed by atoms with Gasteiger partial charge in [0.25, 0.3) is 0 Å². The van der Waals surface area contributed by atoms with Crippen LogP contribution in [0.3, 0.4) is 0 Å². The van der Waals surface area contributed by atoms with E-state index in [0.29, 0.717) is 30.1 Å². The number of aliphatic carboxylic acids is 1. The molecular weight excluding hydrogens is 262 g/mol. The minimum atomic E-state index is -0.880. The Morgan fingerprint density at radius 1 is 1.25 bits per heavy atom. The highest BCUT2D eigenvalue weighted by molar-refractivity contribution is 5.66. The smallest absolute Gasteiger partial charge is 0.303 e. The van der Waals surface area contributed by atoms with E-state index in [1.807, 2.05) is 12.1 Å². The zero-order chi connectivity index (χ0) is 15.1. The van der Waals surface area contributed by atoms with Crippen LogP contribution in [-0.2, 0) is 16.1 Å². The molecule has 0 bridgehead atoms. The first-order valence-corrected chi connectivity index (χ1v) is 6.24. The Labute approximate surface area is 118 Å². The van der Waals surface area contributed by atoms with Crippen molar-refractivity contribution in [3.63, 3.8) is 0 Å². The van der Waals surface area contributed by atoms with E-state index in [1.54, 1.807) is 21.3 Å². The number of nitrogens with two attached hydrogens (primary N) is 1. The molecule has 1 rings (SSSR count). The van der Waals surface area contributed by atoms with Gasteiger partial charge >= 0.3 is 5.97 Å². The van der Waals surface area contributed by atoms with E-state index in [1.165, 1.54) is 0 Å². The first-order valence-electron chi connectivity index (χ1n) is 6.24. The molecule has 1 atom stereocenters. The van der Waals surface area contributed by atoms with Crippen molar-refractivity contribution in [3.05, 3.63) is 23.3 Å². The minimum absolute atomic E-state index is 0.00665. The Morgan fingerprint density at radius 3 is 2.20 bits per heavy atom. The van der Waals surface area contributed by atoms with E-state index in [2.05, 4.69) is 0 Å². The van der Waals surface area contributed by atoms with Crippen LogP contribution in [-0.4, -0.2) is 32.4 Å². The van der Waals surface area contributed by atoms with Gasteiger partial charge in [0.05, 0.1) is 26.4 Å². The molecule has 1 unspecified atom stereocenters. The molecule has 0 heterocycles. The summed E-state index contributed by atoms with van der Waals surface area (Å²) < 4.78 is 15.8. The summed E-state index contributed by atoms with van der Waals surface area (Å²) in [6.45, 7) is 0.428. The predicted octanol–water partition coefficient (Wildman–Crippen LogP) is 1.71. The monoisotopic (exact) mass is 283 g/mol. The lowest BCUT2D eigenvalue weighted by molar-refractivity contribution is -0.137. The molecule has 0 saturated carbocycles. The first kappa shape index (κ1) is 16.3. The fourth-order valence-electron chi connectivity index (χ4n) is 2.03. The van der Waals surface area contributed by atoms with Gasteiger partial charge in [-0.2, -0.15) is 0 Å². The number of carbonyl (C=O) groups is 1. The van der Waals surface area contributed by atoms with E-state index < -0.39 is 12.0 Å². The van der Waals surface area contributed by atoms with E-state index in [9.17, 15) is 4.79 Å². The van der Waals surface area contributed by atoms with Gasteiger partial charge < -0.3 is 25.1 Å². The van der Waals surface area contributed by atoms with E-state index in [4.69, 9.17) is 25.1 Å². The molecule has 0 amide bonds. The van der Waals surface area contributed by atoms with E-state index in [-0.39, 0.29) is 6.42 Å². The zero-order valence-electron chi connectivity index (χ0n) is 12.0. The van der Waals surface area contributed by atoms with Gasteiger partial charge in [-0.25, -0.2) is 0 Å². The summed E-state index contributed by atoms with van der Waals surface area (Å²) in [5.41, 5.74) is 7.64. The molecular formula is C14H21NO5. The molecule has 0 aromatic heterocycles. The molecule has 0 aliphatic heterocycles. The number of carboxylic acids is 1. The topological polar surface area (TPSA) is 91.0 Å². The number of carboxylic acid groups (broad SMARTS) is 1. The lowest BCUT2D eigenvalue weighted by atomic mass is 9.98. The van der Waals surface area contributed by atoms with Crippen molar-refractivity contribution in [1.29, 1.82) is 0 Å². The lowest BCUT2D eigenvalue weighted by Crippen LogP contribution is -2.15. The van der Waals surface area contributed by atoms with Gasteiger partial charge in [0, 0.05) is 19.6 Å². The lowest BCUT2D eigenvalue weighted by Gasteiger charge is -2.19. The van der Waals surface area contributed by atoms with Crippen LogP contribution >= 0.6 is 0 Å². The third-order valence-electron chi connectivity index (χ3n) is 2.95.